The molecular formula is C9H21N3O2S. The number of nitrogens with one attached hydrogen (secondary N) is 1. The first kappa shape index (κ1) is 12.9. The standard InChI is InChI=1S/C9H21N3O2S/c1-9-8-12(6-5-11(9)3)15(13,14)7-4-10-2/h9-10H,4-8H2,1-3H3. The van der Waals surface area contributed by atoms with Gasteiger partial charge in [0.2, 0.25) is 10.0 Å². The summed E-state index contributed by atoms with van der Waals surface area (Å²) in [5, 5.41) is 2.87. The monoisotopic (exact) mass is 235 g/mol. The Morgan fingerprint density at radius 1 is 1.40 bits per heavy atom. The number of piperazine rings is 1. The quantitative estimate of drug-likeness (QED) is 0.691. The molecule has 1 saturated heterocycles. The van der Waals surface area contributed by atoms with E-state index in [4.69, 9.17) is 0 Å². The van der Waals surface area contributed by atoms with Crippen LogP contribution in [0.3, 0.4) is 0 Å². The van der Waals surface area contributed by atoms with Gasteiger partial charge in [0.05, 0.1) is 5.75 Å². The van der Waals surface area contributed by atoms with E-state index >= 15 is 0 Å². The van der Waals surface area contributed by atoms with Gasteiger partial charge in [-0.3, -0.25) is 0 Å². The zero-order valence-electron chi connectivity index (χ0n) is 9.73. The lowest BCUT2D eigenvalue weighted by molar-refractivity contribution is 0.159. The Labute approximate surface area is 92.5 Å². The number of likely N-dealkylation sites (N-methyl/N-ethyl adjacent to an activating group) is 1. The van der Waals surface area contributed by atoms with Crippen LogP contribution in [0.2, 0.25) is 0 Å². The highest BCUT2D eigenvalue weighted by molar-refractivity contribution is 7.89. The molecule has 90 valence electrons. The molecule has 0 amide bonds. The van der Waals surface area contributed by atoms with Crippen LogP contribution < -0.4 is 5.32 Å². The minimum absolute atomic E-state index is 0.194. The first-order valence-corrected chi connectivity index (χ1v) is 6.91. The first-order chi connectivity index (χ1) is 6.97. The maximum atomic E-state index is 11.9. The fourth-order valence-electron chi connectivity index (χ4n) is 1.63. The Hall–Kier alpha value is -0.170. The van der Waals surface area contributed by atoms with Crippen LogP contribution in [-0.2, 0) is 10.0 Å². The Kier molecular flexibility index (Phi) is 4.51. The van der Waals surface area contributed by atoms with Gasteiger partial charge in [-0.15, -0.1) is 0 Å². The van der Waals surface area contributed by atoms with E-state index in [0.29, 0.717) is 25.7 Å². The second-order valence-corrected chi connectivity index (χ2v) is 6.20. The van der Waals surface area contributed by atoms with Crippen molar-refractivity contribution in [3.8, 4) is 0 Å². The zero-order chi connectivity index (χ0) is 11.5. The van der Waals surface area contributed by atoms with Gasteiger partial charge in [-0.2, -0.15) is 4.31 Å². The average molecular weight is 235 g/mol. The van der Waals surface area contributed by atoms with Crippen LogP contribution in [-0.4, -0.2) is 69.7 Å². The summed E-state index contributed by atoms with van der Waals surface area (Å²) in [6, 6.07) is 0.308. The van der Waals surface area contributed by atoms with Crippen LogP contribution in [0.25, 0.3) is 0 Å². The van der Waals surface area contributed by atoms with Crippen LogP contribution >= 0.6 is 0 Å². The summed E-state index contributed by atoms with van der Waals surface area (Å²) in [4.78, 5) is 2.18. The van der Waals surface area contributed by atoms with Gasteiger partial charge in [0.15, 0.2) is 0 Å². The molecule has 0 aromatic heterocycles. The molecule has 1 N–H and O–H groups in total. The fourth-order valence-corrected chi connectivity index (χ4v) is 3.15. The fraction of sp³-hybridized carbons (Fsp3) is 1.00. The van der Waals surface area contributed by atoms with Crippen molar-refractivity contribution in [2.45, 2.75) is 13.0 Å². The van der Waals surface area contributed by atoms with Gasteiger partial charge >= 0.3 is 0 Å². The maximum Gasteiger partial charge on any atom is 0.215 e. The van der Waals surface area contributed by atoms with Crippen LogP contribution in [0.5, 0.6) is 0 Å². The van der Waals surface area contributed by atoms with E-state index in [1.54, 1.807) is 11.4 Å². The van der Waals surface area contributed by atoms with Crippen molar-refractivity contribution in [2.75, 3.05) is 46.0 Å². The highest BCUT2D eigenvalue weighted by atomic mass is 32.2. The second-order valence-electron chi connectivity index (χ2n) is 4.11. The van der Waals surface area contributed by atoms with Gasteiger partial charge in [0.25, 0.3) is 0 Å². The number of hydrogen-bond acceptors (Lipinski definition) is 4. The number of hydrogen-bond donors (Lipinski definition) is 1. The predicted octanol–water partition coefficient (Wildman–Crippen LogP) is -0.828. The second kappa shape index (κ2) is 5.25. The van der Waals surface area contributed by atoms with Crippen molar-refractivity contribution < 1.29 is 8.42 Å². The molecule has 0 bridgehead atoms. The molecule has 1 atom stereocenters. The Morgan fingerprint density at radius 2 is 2.07 bits per heavy atom. The summed E-state index contributed by atoms with van der Waals surface area (Å²) in [6.07, 6.45) is 0. The molecule has 1 unspecified atom stereocenters. The third-order valence-electron chi connectivity index (χ3n) is 2.93. The molecule has 5 nitrogen and oxygen atoms in total. The largest absolute Gasteiger partial charge is 0.319 e. The van der Waals surface area contributed by atoms with Crippen LogP contribution in [0.4, 0.5) is 0 Å². The van der Waals surface area contributed by atoms with Crippen molar-refractivity contribution in [1.82, 2.24) is 14.5 Å². The van der Waals surface area contributed by atoms with Crippen molar-refractivity contribution in [3.05, 3.63) is 0 Å². The lowest BCUT2D eigenvalue weighted by Gasteiger charge is -2.36. The zero-order valence-corrected chi connectivity index (χ0v) is 10.5. The van der Waals surface area contributed by atoms with E-state index in [2.05, 4.69) is 17.1 Å². The Bertz CT molecular complexity index is 292. The number of nitrogens with zero attached hydrogens (tertiary/aromatic N) is 2. The smallest absolute Gasteiger partial charge is 0.215 e. The SMILES string of the molecule is CNCCS(=O)(=O)N1CCN(C)C(C)C1. The minimum Gasteiger partial charge on any atom is -0.319 e. The normalized spacial score (nSPS) is 25.7. The molecule has 0 radical (unpaired) electrons. The number of sulfonamides is 1. The highest BCUT2D eigenvalue weighted by Crippen LogP contribution is 2.11. The minimum atomic E-state index is -3.06. The van der Waals surface area contributed by atoms with Gasteiger partial charge in [-0.1, -0.05) is 0 Å². The predicted molar refractivity (Wildman–Crippen MR) is 61.4 cm³/mol. The summed E-state index contributed by atoms with van der Waals surface area (Å²) in [5.41, 5.74) is 0. The molecular weight excluding hydrogens is 214 g/mol. The van der Waals surface area contributed by atoms with E-state index < -0.39 is 10.0 Å². The lowest BCUT2D eigenvalue weighted by atomic mass is 10.2. The van der Waals surface area contributed by atoms with Crippen molar-refractivity contribution >= 4 is 10.0 Å². The molecule has 1 rings (SSSR count). The van der Waals surface area contributed by atoms with E-state index in [1.807, 2.05) is 7.05 Å². The van der Waals surface area contributed by atoms with Gasteiger partial charge in [-0.05, 0) is 21.0 Å². The Balaban J connectivity index is 2.57. The molecule has 1 fully saturated rings. The third kappa shape index (κ3) is 3.41. The molecule has 1 aliphatic rings. The topological polar surface area (TPSA) is 52.7 Å². The van der Waals surface area contributed by atoms with Gasteiger partial charge < -0.3 is 10.2 Å². The molecule has 15 heavy (non-hydrogen) atoms. The summed E-state index contributed by atoms with van der Waals surface area (Å²) in [7, 11) is 0.738. The van der Waals surface area contributed by atoms with Gasteiger partial charge in [0, 0.05) is 32.2 Å². The molecule has 1 heterocycles. The maximum absolute atomic E-state index is 11.9. The van der Waals surface area contributed by atoms with Crippen LogP contribution in [0.1, 0.15) is 6.92 Å². The third-order valence-corrected chi connectivity index (χ3v) is 4.76. The molecule has 1 aliphatic heterocycles. The average Bonchev–Trinajstić information content (AvgIpc) is 2.19. The molecule has 0 aromatic rings. The molecule has 0 spiro atoms. The van der Waals surface area contributed by atoms with E-state index in [0.717, 1.165) is 6.54 Å². The Morgan fingerprint density at radius 3 is 2.60 bits per heavy atom. The molecule has 6 heteroatoms. The summed E-state index contributed by atoms with van der Waals surface area (Å²) in [6.45, 7) is 4.62. The van der Waals surface area contributed by atoms with E-state index in [9.17, 15) is 8.42 Å². The van der Waals surface area contributed by atoms with Gasteiger partial charge in [0.1, 0.15) is 0 Å². The van der Waals surface area contributed by atoms with Gasteiger partial charge in [-0.25, -0.2) is 8.42 Å². The summed E-state index contributed by atoms with van der Waals surface area (Å²) in [5.74, 6) is 0.194. The lowest BCUT2D eigenvalue weighted by Crippen LogP contribution is -2.52. The highest BCUT2D eigenvalue weighted by Gasteiger charge is 2.28. The van der Waals surface area contributed by atoms with Crippen LogP contribution in [0.15, 0.2) is 0 Å². The van der Waals surface area contributed by atoms with E-state index in [-0.39, 0.29) is 5.75 Å². The van der Waals surface area contributed by atoms with Crippen molar-refractivity contribution in [3.63, 3.8) is 0 Å². The number of rotatable bonds is 4. The first-order valence-electron chi connectivity index (χ1n) is 5.30. The molecule has 0 aliphatic carbocycles. The summed E-state index contributed by atoms with van der Waals surface area (Å²) >= 11 is 0. The van der Waals surface area contributed by atoms with E-state index in [1.165, 1.54) is 0 Å². The molecule has 0 aromatic carbocycles. The van der Waals surface area contributed by atoms with Crippen molar-refractivity contribution in [2.24, 2.45) is 0 Å². The summed E-state index contributed by atoms with van der Waals surface area (Å²) < 4.78 is 25.3. The molecule has 0 saturated carbocycles. The van der Waals surface area contributed by atoms with Crippen molar-refractivity contribution in [1.29, 1.82) is 0 Å². The van der Waals surface area contributed by atoms with Crippen LogP contribution in [0, 0.1) is 0 Å².